The fourth-order valence-electron chi connectivity index (χ4n) is 3.42. The first-order valence-corrected chi connectivity index (χ1v) is 13.0. The number of carbonyl (C=O) groups is 5. The summed E-state index contributed by atoms with van der Waals surface area (Å²) >= 11 is 1.15. The first kappa shape index (κ1) is 31.6. The van der Waals surface area contributed by atoms with Crippen LogP contribution in [0.1, 0.15) is 60.8 Å². The molecule has 1 aliphatic heterocycles. The van der Waals surface area contributed by atoms with Gasteiger partial charge in [0, 0.05) is 12.7 Å². The number of amides is 3. The molecule has 0 aromatic heterocycles. The fraction of sp³-hybridized carbons (Fsp3) is 0.708. The van der Waals surface area contributed by atoms with Crippen molar-refractivity contribution in [2.75, 3.05) is 5.75 Å². The number of thioether (sulfide) groups is 1. The predicted molar refractivity (Wildman–Crippen MR) is 134 cm³/mol. The van der Waals surface area contributed by atoms with Gasteiger partial charge < -0.3 is 21.1 Å². The molecule has 1 rings (SSSR count). The van der Waals surface area contributed by atoms with Gasteiger partial charge in [0.15, 0.2) is 5.12 Å². The third-order valence-electron chi connectivity index (χ3n) is 5.43. The lowest BCUT2D eigenvalue weighted by Gasteiger charge is -2.29. The molecule has 1 aliphatic rings. The van der Waals surface area contributed by atoms with Crippen molar-refractivity contribution in [2.45, 2.75) is 91.1 Å². The molecule has 1 fully saturated rings. The third kappa shape index (κ3) is 11.5. The second kappa shape index (κ2) is 15.6. The molecule has 0 aromatic rings. The number of carbonyl (C=O) groups excluding carboxylic acids is 5. The molecule has 0 unspecified atom stereocenters. The van der Waals surface area contributed by atoms with Gasteiger partial charge in [-0.25, -0.2) is 4.79 Å². The molecule has 0 bridgehead atoms. The van der Waals surface area contributed by atoms with Crippen LogP contribution in [0.2, 0.25) is 0 Å². The van der Waals surface area contributed by atoms with Crippen molar-refractivity contribution in [3.8, 4) is 0 Å². The maximum Gasteiger partial charge on any atom is 0.345 e. The number of aliphatic hydroxyl groups is 1. The van der Waals surface area contributed by atoms with E-state index in [0.717, 1.165) is 11.8 Å². The van der Waals surface area contributed by atoms with Crippen molar-refractivity contribution >= 4 is 40.6 Å². The van der Waals surface area contributed by atoms with Crippen LogP contribution in [0.25, 0.3) is 0 Å². The van der Waals surface area contributed by atoms with Crippen LogP contribution >= 0.6 is 11.8 Å². The lowest BCUT2D eigenvalue weighted by Crippen LogP contribution is -2.57. The molecular weight excluding hydrogens is 490 g/mol. The van der Waals surface area contributed by atoms with Gasteiger partial charge in [0.2, 0.25) is 17.7 Å². The molecule has 0 saturated carbocycles. The van der Waals surface area contributed by atoms with E-state index >= 15 is 0 Å². The summed E-state index contributed by atoms with van der Waals surface area (Å²) in [5, 5.41) is 18.5. The van der Waals surface area contributed by atoms with Gasteiger partial charge in [-0.05, 0) is 25.2 Å². The lowest BCUT2D eigenvalue weighted by atomic mass is 9.96. The normalized spacial score (nSPS) is 27.5. The Bertz CT molecular complexity index is 817. The van der Waals surface area contributed by atoms with E-state index in [1.54, 1.807) is 33.8 Å². The van der Waals surface area contributed by atoms with Gasteiger partial charge in [-0.15, -0.1) is 0 Å². The average Bonchev–Trinajstić information content (AvgIpc) is 2.77. The standard InChI is InChI=1S/C24H39N3O8S/c1-13(2)21-18(29)12-20(31)35-34-17(9-7-8-10-36-16(6)28)11-19(30)26-22(14(3)4)24(33)25-15(5)23(32)27-21/h7,9,13-15,17-18,21-22,29H,8,10-12H2,1-6H3,(H,25,33)(H,26,30)(H,27,32)/b9-7+/t15-,17-,18+,21-,22-/m1/s1. The van der Waals surface area contributed by atoms with Gasteiger partial charge >= 0.3 is 5.97 Å². The van der Waals surface area contributed by atoms with Crippen molar-refractivity contribution in [3.05, 3.63) is 12.2 Å². The summed E-state index contributed by atoms with van der Waals surface area (Å²) in [6.45, 7) is 10.0. The summed E-state index contributed by atoms with van der Waals surface area (Å²) in [7, 11) is 0. The Kier molecular flexibility index (Phi) is 13.7. The van der Waals surface area contributed by atoms with Crippen molar-refractivity contribution in [3.63, 3.8) is 0 Å². The second-order valence-electron chi connectivity index (χ2n) is 9.42. The topological polar surface area (TPSA) is 160 Å². The monoisotopic (exact) mass is 529 g/mol. The summed E-state index contributed by atoms with van der Waals surface area (Å²) in [5.74, 6) is -2.46. The molecule has 36 heavy (non-hydrogen) atoms. The molecule has 1 heterocycles. The van der Waals surface area contributed by atoms with Gasteiger partial charge in [0.1, 0.15) is 18.2 Å². The average molecular weight is 530 g/mol. The van der Waals surface area contributed by atoms with E-state index in [4.69, 9.17) is 9.78 Å². The van der Waals surface area contributed by atoms with Crippen LogP contribution in [-0.4, -0.2) is 70.0 Å². The largest absolute Gasteiger partial charge is 0.390 e. The highest BCUT2D eigenvalue weighted by atomic mass is 32.2. The Balaban J connectivity index is 3.13. The van der Waals surface area contributed by atoms with E-state index in [0.29, 0.717) is 12.2 Å². The number of hydrogen-bond acceptors (Lipinski definition) is 9. The van der Waals surface area contributed by atoms with Crippen LogP contribution in [0.15, 0.2) is 12.2 Å². The summed E-state index contributed by atoms with van der Waals surface area (Å²) in [6.07, 6.45) is 0.805. The highest BCUT2D eigenvalue weighted by Crippen LogP contribution is 2.14. The number of aliphatic hydroxyl groups excluding tert-OH is 1. The van der Waals surface area contributed by atoms with E-state index in [1.165, 1.54) is 19.9 Å². The zero-order chi connectivity index (χ0) is 27.4. The van der Waals surface area contributed by atoms with Crippen molar-refractivity contribution in [2.24, 2.45) is 11.8 Å². The molecule has 0 aliphatic carbocycles. The molecule has 1 saturated heterocycles. The van der Waals surface area contributed by atoms with Crippen molar-refractivity contribution in [1.82, 2.24) is 16.0 Å². The molecule has 3 amide bonds. The molecule has 4 N–H and O–H groups in total. The Morgan fingerprint density at radius 3 is 2.31 bits per heavy atom. The van der Waals surface area contributed by atoms with Gasteiger partial charge in [0.05, 0.1) is 25.0 Å². The molecule has 0 radical (unpaired) electrons. The summed E-state index contributed by atoms with van der Waals surface area (Å²) < 4.78 is 0. The quantitative estimate of drug-likeness (QED) is 0.223. The molecular formula is C24H39N3O8S. The van der Waals surface area contributed by atoms with Crippen LogP contribution < -0.4 is 16.0 Å². The van der Waals surface area contributed by atoms with Crippen LogP contribution in [0.5, 0.6) is 0 Å². The molecule has 0 spiro atoms. The number of allylic oxidation sites excluding steroid dienone is 1. The highest BCUT2D eigenvalue weighted by molar-refractivity contribution is 8.13. The van der Waals surface area contributed by atoms with E-state index in [1.807, 2.05) is 0 Å². The number of rotatable bonds is 6. The van der Waals surface area contributed by atoms with Gasteiger partial charge in [0.25, 0.3) is 0 Å². The molecule has 5 atom stereocenters. The summed E-state index contributed by atoms with van der Waals surface area (Å²) in [5.41, 5.74) is 0. The minimum Gasteiger partial charge on any atom is -0.390 e. The van der Waals surface area contributed by atoms with Crippen LogP contribution in [0.4, 0.5) is 0 Å². The Hall–Kier alpha value is -2.44. The van der Waals surface area contributed by atoms with Crippen LogP contribution in [0, 0.1) is 11.8 Å². The minimum atomic E-state index is -1.27. The SMILES string of the molecule is CC(=O)SCC/C=C/[C@@H]1CC(=O)N[C@H](C(C)C)C(=O)N[C@H](C)C(=O)N[C@H](C(C)C)[C@@H](O)CC(=O)OO1. The second-order valence-corrected chi connectivity index (χ2v) is 10.7. The first-order valence-electron chi connectivity index (χ1n) is 12.1. The van der Waals surface area contributed by atoms with Gasteiger partial charge in [-0.3, -0.25) is 24.1 Å². The lowest BCUT2D eigenvalue weighted by molar-refractivity contribution is -0.290. The summed E-state index contributed by atoms with van der Waals surface area (Å²) in [4.78, 5) is 71.7. The van der Waals surface area contributed by atoms with E-state index in [9.17, 15) is 29.1 Å². The Morgan fingerprint density at radius 1 is 1.06 bits per heavy atom. The fourth-order valence-corrected chi connectivity index (χ4v) is 3.96. The van der Waals surface area contributed by atoms with Gasteiger partial charge in [-0.2, -0.15) is 4.89 Å². The van der Waals surface area contributed by atoms with E-state index in [2.05, 4.69) is 16.0 Å². The zero-order valence-electron chi connectivity index (χ0n) is 21.7. The third-order valence-corrected chi connectivity index (χ3v) is 6.27. The minimum absolute atomic E-state index is 0.0144. The highest BCUT2D eigenvalue weighted by Gasteiger charge is 2.32. The maximum atomic E-state index is 12.9. The van der Waals surface area contributed by atoms with Crippen LogP contribution in [-0.2, 0) is 33.7 Å². The zero-order valence-corrected chi connectivity index (χ0v) is 22.6. The van der Waals surface area contributed by atoms with Gasteiger partial charge in [-0.1, -0.05) is 51.6 Å². The predicted octanol–water partition coefficient (Wildman–Crippen LogP) is 0.997. The number of nitrogens with one attached hydrogen (secondary N) is 3. The summed E-state index contributed by atoms with van der Waals surface area (Å²) in [6, 6.07) is -2.66. The van der Waals surface area contributed by atoms with Crippen LogP contribution in [0.3, 0.4) is 0 Å². The Labute approximate surface area is 216 Å². The smallest absolute Gasteiger partial charge is 0.345 e. The number of hydrogen-bond donors (Lipinski definition) is 4. The molecule has 0 aromatic carbocycles. The first-order chi connectivity index (χ1) is 16.8. The Morgan fingerprint density at radius 2 is 1.72 bits per heavy atom. The van der Waals surface area contributed by atoms with E-state index in [-0.39, 0.29) is 23.4 Å². The van der Waals surface area contributed by atoms with Crippen molar-refractivity contribution in [1.29, 1.82) is 0 Å². The molecule has 11 nitrogen and oxygen atoms in total. The van der Waals surface area contributed by atoms with Crippen molar-refractivity contribution < 1.29 is 38.9 Å². The van der Waals surface area contributed by atoms with E-state index < -0.39 is 60.4 Å². The molecule has 204 valence electrons. The maximum absolute atomic E-state index is 12.9. The molecule has 12 heteroatoms.